The van der Waals surface area contributed by atoms with Gasteiger partial charge in [0, 0.05) is 23.9 Å². The molecule has 22 heavy (non-hydrogen) atoms. The number of carbonyl (C=O) groups is 1. The van der Waals surface area contributed by atoms with Gasteiger partial charge in [-0.15, -0.1) is 11.8 Å². The van der Waals surface area contributed by atoms with Crippen LogP contribution in [0.25, 0.3) is 0 Å². The molecule has 0 amide bonds. The summed E-state index contributed by atoms with van der Waals surface area (Å²) < 4.78 is 25.8. The third-order valence-corrected chi connectivity index (χ3v) is 4.85. The third-order valence-electron chi connectivity index (χ3n) is 2.59. The molecule has 8 heteroatoms. The van der Waals surface area contributed by atoms with Gasteiger partial charge in [-0.25, -0.2) is 0 Å². The first-order chi connectivity index (χ1) is 10.8. The van der Waals surface area contributed by atoms with E-state index in [2.05, 4.69) is 0 Å². The van der Waals surface area contributed by atoms with Crippen molar-refractivity contribution in [2.45, 2.75) is 5.25 Å². The molecule has 0 aromatic heterocycles. The highest BCUT2D eigenvalue weighted by Gasteiger charge is 2.22. The molecule has 0 radical (unpaired) electrons. The topological polar surface area (TPSA) is 63.2 Å². The van der Waals surface area contributed by atoms with Crippen LogP contribution in [0.1, 0.15) is 0 Å². The van der Waals surface area contributed by atoms with E-state index in [1.807, 2.05) is 11.8 Å². The van der Waals surface area contributed by atoms with Gasteiger partial charge in [0.15, 0.2) is 0 Å². The molecule has 0 saturated carbocycles. The summed E-state index contributed by atoms with van der Waals surface area (Å²) in [7, 11) is 1.64. The molecular formula is C14H26O6S2. The Labute approximate surface area is 140 Å². The van der Waals surface area contributed by atoms with Gasteiger partial charge in [0.05, 0.1) is 52.0 Å². The van der Waals surface area contributed by atoms with E-state index in [0.29, 0.717) is 58.6 Å². The van der Waals surface area contributed by atoms with E-state index in [9.17, 15) is 4.79 Å². The molecule has 1 saturated heterocycles. The SMILES string of the molecule is COCCOCCOCCOCCOC(=O)CSCC1CS1. The van der Waals surface area contributed by atoms with Crippen LogP contribution in [0.2, 0.25) is 0 Å². The Morgan fingerprint density at radius 3 is 2.09 bits per heavy atom. The van der Waals surface area contributed by atoms with Gasteiger partial charge in [-0.05, 0) is 0 Å². The Balaban J connectivity index is 1.69. The van der Waals surface area contributed by atoms with Crippen molar-refractivity contribution in [1.29, 1.82) is 0 Å². The highest BCUT2D eigenvalue weighted by atomic mass is 32.2. The summed E-state index contributed by atoms with van der Waals surface area (Å²) in [5.41, 5.74) is 0. The number of hydrogen-bond acceptors (Lipinski definition) is 8. The second kappa shape index (κ2) is 14.6. The van der Waals surface area contributed by atoms with E-state index in [4.69, 9.17) is 23.7 Å². The van der Waals surface area contributed by atoms with E-state index in [0.717, 1.165) is 11.0 Å². The molecule has 0 bridgehead atoms. The lowest BCUT2D eigenvalue weighted by atomic mass is 10.6. The van der Waals surface area contributed by atoms with Crippen molar-refractivity contribution < 1.29 is 28.5 Å². The fourth-order valence-electron chi connectivity index (χ4n) is 1.38. The highest BCUT2D eigenvalue weighted by Crippen LogP contribution is 2.32. The molecule has 6 nitrogen and oxygen atoms in total. The van der Waals surface area contributed by atoms with Crippen molar-refractivity contribution in [2.75, 3.05) is 77.2 Å². The maximum absolute atomic E-state index is 11.4. The normalized spacial score (nSPS) is 16.7. The van der Waals surface area contributed by atoms with Gasteiger partial charge in [-0.2, -0.15) is 11.8 Å². The summed E-state index contributed by atoms with van der Waals surface area (Å²) in [6, 6.07) is 0. The molecular weight excluding hydrogens is 328 g/mol. The molecule has 0 spiro atoms. The Bertz CT molecular complexity index is 276. The standard InChI is InChI=1S/C14H26O6S2/c1-16-2-3-17-4-5-18-6-7-19-8-9-20-14(15)12-21-10-13-11-22-13/h13H,2-12H2,1H3. The Morgan fingerprint density at radius 1 is 1.00 bits per heavy atom. The van der Waals surface area contributed by atoms with Crippen LogP contribution in [0.4, 0.5) is 0 Å². The molecule has 0 aromatic carbocycles. The van der Waals surface area contributed by atoms with Gasteiger partial charge < -0.3 is 23.7 Å². The van der Waals surface area contributed by atoms with Crippen molar-refractivity contribution in [3.63, 3.8) is 0 Å². The number of ether oxygens (including phenoxy) is 5. The van der Waals surface area contributed by atoms with Crippen LogP contribution in [-0.4, -0.2) is 88.4 Å². The Morgan fingerprint density at radius 2 is 1.55 bits per heavy atom. The minimum Gasteiger partial charge on any atom is -0.463 e. The zero-order valence-corrected chi connectivity index (χ0v) is 14.8. The average Bonchev–Trinajstić information content (AvgIpc) is 3.32. The van der Waals surface area contributed by atoms with E-state index in [1.165, 1.54) is 5.75 Å². The lowest BCUT2D eigenvalue weighted by Crippen LogP contribution is -2.15. The van der Waals surface area contributed by atoms with Gasteiger partial charge in [-0.3, -0.25) is 4.79 Å². The zero-order valence-electron chi connectivity index (χ0n) is 13.1. The monoisotopic (exact) mass is 354 g/mol. The summed E-state index contributed by atoms with van der Waals surface area (Å²) in [5.74, 6) is 2.55. The van der Waals surface area contributed by atoms with E-state index in [1.54, 1.807) is 18.9 Å². The van der Waals surface area contributed by atoms with Crippen LogP contribution in [0, 0.1) is 0 Å². The number of carbonyl (C=O) groups excluding carboxylic acids is 1. The summed E-state index contributed by atoms with van der Waals surface area (Å²) in [5, 5.41) is 0.756. The molecule has 0 aliphatic carbocycles. The number of esters is 1. The second-order valence-electron chi connectivity index (χ2n) is 4.52. The van der Waals surface area contributed by atoms with Crippen molar-refractivity contribution >= 4 is 29.5 Å². The minimum absolute atomic E-state index is 0.163. The largest absolute Gasteiger partial charge is 0.463 e. The number of methoxy groups -OCH3 is 1. The van der Waals surface area contributed by atoms with Gasteiger partial charge in [0.1, 0.15) is 6.61 Å². The minimum atomic E-state index is -0.163. The summed E-state index contributed by atoms with van der Waals surface area (Å²) in [6.07, 6.45) is 0. The van der Waals surface area contributed by atoms with E-state index < -0.39 is 0 Å². The first kappa shape index (κ1) is 20.1. The lowest BCUT2D eigenvalue weighted by Gasteiger charge is -2.07. The fraction of sp³-hybridized carbons (Fsp3) is 0.929. The summed E-state index contributed by atoms with van der Waals surface area (Å²) in [4.78, 5) is 11.4. The van der Waals surface area contributed by atoms with Crippen LogP contribution in [-0.2, 0) is 28.5 Å². The molecule has 130 valence electrons. The number of hydrogen-bond donors (Lipinski definition) is 0. The third kappa shape index (κ3) is 13.7. The van der Waals surface area contributed by atoms with Crippen molar-refractivity contribution in [3.05, 3.63) is 0 Å². The van der Waals surface area contributed by atoms with Gasteiger partial charge in [0.2, 0.25) is 0 Å². The lowest BCUT2D eigenvalue weighted by molar-refractivity contribution is -0.142. The van der Waals surface area contributed by atoms with Crippen LogP contribution in [0.5, 0.6) is 0 Å². The summed E-state index contributed by atoms with van der Waals surface area (Å²) >= 11 is 3.58. The van der Waals surface area contributed by atoms with Crippen LogP contribution in [0.15, 0.2) is 0 Å². The zero-order chi connectivity index (χ0) is 15.9. The van der Waals surface area contributed by atoms with E-state index in [-0.39, 0.29) is 5.97 Å². The van der Waals surface area contributed by atoms with Gasteiger partial charge in [-0.1, -0.05) is 0 Å². The van der Waals surface area contributed by atoms with Gasteiger partial charge in [0.25, 0.3) is 0 Å². The van der Waals surface area contributed by atoms with Crippen LogP contribution >= 0.6 is 23.5 Å². The van der Waals surface area contributed by atoms with E-state index >= 15 is 0 Å². The molecule has 0 aromatic rings. The second-order valence-corrected chi connectivity index (χ2v) is 6.88. The maximum atomic E-state index is 11.4. The molecule has 1 atom stereocenters. The average molecular weight is 354 g/mol. The Hall–Kier alpha value is 0.0100. The molecule has 1 aliphatic heterocycles. The van der Waals surface area contributed by atoms with Crippen molar-refractivity contribution in [3.8, 4) is 0 Å². The van der Waals surface area contributed by atoms with Crippen LogP contribution in [0.3, 0.4) is 0 Å². The highest BCUT2D eigenvalue weighted by molar-refractivity contribution is 8.08. The summed E-state index contributed by atoms with van der Waals surface area (Å²) in [6.45, 7) is 3.98. The molecule has 0 N–H and O–H groups in total. The Kier molecular flexibility index (Phi) is 13.3. The molecule has 1 aliphatic rings. The maximum Gasteiger partial charge on any atom is 0.315 e. The van der Waals surface area contributed by atoms with Crippen molar-refractivity contribution in [2.24, 2.45) is 0 Å². The van der Waals surface area contributed by atoms with Gasteiger partial charge >= 0.3 is 5.97 Å². The number of thioether (sulfide) groups is 2. The fourth-order valence-corrected chi connectivity index (χ4v) is 3.20. The van der Waals surface area contributed by atoms with Crippen LogP contribution < -0.4 is 0 Å². The molecule has 1 rings (SSSR count). The molecule has 1 heterocycles. The first-order valence-corrected chi connectivity index (χ1v) is 9.60. The quantitative estimate of drug-likeness (QED) is 0.232. The van der Waals surface area contributed by atoms with Crippen molar-refractivity contribution in [1.82, 2.24) is 0 Å². The molecule has 1 fully saturated rings. The smallest absolute Gasteiger partial charge is 0.315 e. The predicted molar refractivity (Wildman–Crippen MR) is 88.9 cm³/mol. The number of rotatable bonds is 16. The first-order valence-electron chi connectivity index (χ1n) is 7.40. The predicted octanol–water partition coefficient (Wildman–Crippen LogP) is 1.07. The molecule has 1 unspecified atom stereocenters.